The van der Waals surface area contributed by atoms with Gasteiger partial charge in [0.15, 0.2) is 0 Å². The zero-order chi connectivity index (χ0) is 12.8. The van der Waals surface area contributed by atoms with Gasteiger partial charge in [-0.1, -0.05) is 18.2 Å². The lowest BCUT2D eigenvalue weighted by Gasteiger charge is -2.07. The summed E-state index contributed by atoms with van der Waals surface area (Å²) in [6, 6.07) is 7.18. The molecule has 0 bridgehead atoms. The van der Waals surface area contributed by atoms with Gasteiger partial charge in [-0.05, 0) is 18.6 Å². The van der Waals surface area contributed by atoms with Crippen molar-refractivity contribution in [2.24, 2.45) is 0 Å². The van der Waals surface area contributed by atoms with Gasteiger partial charge in [-0.15, -0.1) is 0 Å². The third kappa shape index (κ3) is 4.78. The van der Waals surface area contributed by atoms with Crippen molar-refractivity contribution in [1.29, 1.82) is 0 Å². The fourth-order valence-corrected chi connectivity index (χ4v) is 1.98. The molecule has 2 N–H and O–H groups in total. The van der Waals surface area contributed by atoms with E-state index in [9.17, 15) is 13.8 Å². The van der Waals surface area contributed by atoms with Crippen molar-refractivity contribution in [2.45, 2.75) is 6.92 Å². The van der Waals surface area contributed by atoms with Gasteiger partial charge < -0.3 is 10.4 Å². The lowest BCUT2D eigenvalue weighted by molar-refractivity contribution is -0.133. The van der Waals surface area contributed by atoms with Crippen molar-refractivity contribution in [3.8, 4) is 0 Å². The number of anilines is 1. The summed E-state index contributed by atoms with van der Waals surface area (Å²) in [5.41, 5.74) is 1.54. The van der Waals surface area contributed by atoms with Crippen LogP contribution in [0.5, 0.6) is 0 Å². The van der Waals surface area contributed by atoms with Crippen LogP contribution in [0, 0.1) is 6.92 Å². The van der Waals surface area contributed by atoms with E-state index in [-0.39, 0.29) is 5.75 Å². The summed E-state index contributed by atoms with van der Waals surface area (Å²) < 4.78 is 11.2. The molecule has 0 fully saturated rings. The first-order valence-electron chi connectivity index (χ1n) is 4.91. The van der Waals surface area contributed by atoms with E-state index < -0.39 is 28.4 Å². The first-order valence-corrected chi connectivity index (χ1v) is 6.40. The van der Waals surface area contributed by atoms with E-state index in [1.807, 2.05) is 19.1 Å². The van der Waals surface area contributed by atoms with Gasteiger partial charge in [-0.3, -0.25) is 13.8 Å². The minimum Gasteiger partial charge on any atom is -0.481 e. The number of carbonyl (C=O) groups excluding carboxylic acids is 1. The molecule has 0 saturated heterocycles. The number of carboxylic acid groups (broad SMARTS) is 1. The normalized spacial score (nSPS) is 11.8. The average molecular weight is 255 g/mol. The molecule has 0 aromatic heterocycles. The molecule has 0 spiro atoms. The molecular weight excluding hydrogens is 242 g/mol. The van der Waals surface area contributed by atoms with E-state index in [1.54, 1.807) is 12.1 Å². The van der Waals surface area contributed by atoms with Crippen molar-refractivity contribution in [1.82, 2.24) is 0 Å². The molecule has 0 aliphatic carbocycles. The number of hydrogen-bond acceptors (Lipinski definition) is 3. The Morgan fingerprint density at radius 2 is 1.94 bits per heavy atom. The van der Waals surface area contributed by atoms with Gasteiger partial charge in [0, 0.05) is 16.5 Å². The monoisotopic (exact) mass is 255 g/mol. The number of para-hydroxylation sites is 1. The second kappa shape index (κ2) is 6.15. The van der Waals surface area contributed by atoms with E-state index in [1.165, 1.54) is 0 Å². The predicted molar refractivity (Wildman–Crippen MR) is 65.3 cm³/mol. The van der Waals surface area contributed by atoms with Gasteiger partial charge in [-0.25, -0.2) is 0 Å². The van der Waals surface area contributed by atoms with Crippen LogP contribution in [0.2, 0.25) is 0 Å². The highest BCUT2D eigenvalue weighted by Gasteiger charge is 2.12. The molecule has 1 atom stereocenters. The molecule has 5 nitrogen and oxygen atoms in total. The smallest absolute Gasteiger partial charge is 0.316 e. The first-order chi connectivity index (χ1) is 7.99. The van der Waals surface area contributed by atoms with E-state index in [2.05, 4.69) is 5.32 Å². The summed E-state index contributed by atoms with van der Waals surface area (Å²) in [6.45, 7) is 1.84. The zero-order valence-electron chi connectivity index (χ0n) is 9.30. The number of rotatable bonds is 5. The van der Waals surface area contributed by atoms with Crippen LogP contribution in [0.4, 0.5) is 5.69 Å². The molecule has 0 saturated carbocycles. The highest BCUT2D eigenvalue weighted by Crippen LogP contribution is 2.12. The van der Waals surface area contributed by atoms with Gasteiger partial charge in [0.25, 0.3) is 0 Å². The molecule has 0 aliphatic rings. The highest BCUT2D eigenvalue weighted by atomic mass is 32.2. The fourth-order valence-electron chi connectivity index (χ4n) is 1.23. The fraction of sp³-hybridized carbons (Fsp3) is 0.273. The third-order valence-electron chi connectivity index (χ3n) is 2.00. The van der Waals surface area contributed by atoms with Gasteiger partial charge in [0.1, 0.15) is 11.5 Å². The molecule has 0 radical (unpaired) electrons. The average Bonchev–Trinajstić information content (AvgIpc) is 2.19. The van der Waals surface area contributed by atoms with E-state index in [0.717, 1.165) is 5.56 Å². The Morgan fingerprint density at radius 3 is 2.53 bits per heavy atom. The van der Waals surface area contributed by atoms with Crippen LogP contribution < -0.4 is 5.32 Å². The Morgan fingerprint density at radius 1 is 1.29 bits per heavy atom. The molecule has 0 heterocycles. The number of carbonyl (C=O) groups is 2. The third-order valence-corrected chi connectivity index (χ3v) is 3.15. The van der Waals surface area contributed by atoms with Gasteiger partial charge in [0.2, 0.25) is 5.91 Å². The Bertz CT molecular complexity index is 459. The van der Waals surface area contributed by atoms with E-state index in [4.69, 9.17) is 5.11 Å². The number of carboxylic acids is 1. The van der Waals surface area contributed by atoms with Crippen molar-refractivity contribution in [3.63, 3.8) is 0 Å². The topological polar surface area (TPSA) is 83.5 Å². The number of benzene rings is 1. The molecule has 1 aromatic carbocycles. The SMILES string of the molecule is Cc1ccccc1NC(=O)CS(=O)CC(=O)O. The number of amides is 1. The maximum atomic E-state index is 11.5. The highest BCUT2D eigenvalue weighted by molar-refractivity contribution is 7.86. The van der Waals surface area contributed by atoms with Gasteiger partial charge in [-0.2, -0.15) is 0 Å². The van der Waals surface area contributed by atoms with Crippen LogP contribution in [0.1, 0.15) is 5.56 Å². The van der Waals surface area contributed by atoms with Crippen molar-refractivity contribution in [3.05, 3.63) is 29.8 Å². The van der Waals surface area contributed by atoms with Crippen molar-refractivity contribution < 1.29 is 18.9 Å². The molecule has 6 heteroatoms. The Labute approximate surface area is 101 Å². The molecule has 17 heavy (non-hydrogen) atoms. The van der Waals surface area contributed by atoms with Crippen LogP contribution >= 0.6 is 0 Å². The minimum absolute atomic E-state index is 0.305. The largest absolute Gasteiger partial charge is 0.481 e. The molecule has 1 unspecified atom stereocenters. The Hall–Kier alpha value is -1.69. The predicted octanol–water partition coefficient (Wildman–Crippen LogP) is 0.767. The van der Waals surface area contributed by atoms with Crippen molar-refractivity contribution >= 4 is 28.4 Å². The Balaban J connectivity index is 2.53. The Kier molecular flexibility index (Phi) is 4.84. The summed E-state index contributed by atoms with van der Waals surface area (Å²) in [4.78, 5) is 21.7. The minimum atomic E-state index is -1.67. The number of aliphatic carboxylic acids is 1. The van der Waals surface area contributed by atoms with Crippen LogP contribution in [0.3, 0.4) is 0 Å². The first kappa shape index (κ1) is 13.4. The summed E-state index contributed by atoms with van der Waals surface area (Å²) in [6.07, 6.45) is 0. The summed E-state index contributed by atoms with van der Waals surface area (Å²) in [5.74, 6) is -2.44. The number of hydrogen-bond donors (Lipinski definition) is 2. The van der Waals surface area contributed by atoms with Crippen LogP contribution in [0.25, 0.3) is 0 Å². The van der Waals surface area contributed by atoms with Gasteiger partial charge in [0.05, 0.1) is 0 Å². The second-order valence-corrected chi connectivity index (χ2v) is 4.94. The summed E-state index contributed by atoms with van der Waals surface area (Å²) in [5, 5.41) is 11.0. The van der Waals surface area contributed by atoms with E-state index in [0.29, 0.717) is 5.69 Å². The quantitative estimate of drug-likeness (QED) is 0.814. The van der Waals surface area contributed by atoms with Crippen LogP contribution in [-0.2, 0) is 20.4 Å². The standard InChI is InChI=1S/C11H13NO4S/c1-8-4-2-3-5-9(8)12-10(13)6-17(16)7-11(14)15/h2-5H,6-7H2,1H3,(H,12,13)(H,14,15). The van der Waals surface area contributed by atoms with Gasteiger partial charge >= 0.3 is 5.97 Å². The van der Waals surface area contributed by atoms with Crippen molar-refractivity contribution in [2.75, 3.05) is 16.8 Å². The summed E-state index contributed by atoms with van der Waals surface area (Å²) in [7, 11) is -1.67. The zero-order valence-corrected chi connectivity index (χ0v) is 10.1. The lowest BCUT2D eigenvalue weighted by Crippen LogP contribution is -2.23. The maximum absolute atomic E-state index is 11.5. The van der Waals surface area contributed by atoms with Crippen LogP contribution in [-0.4, -0.2) is 32.7 Å². The lowest BCUT2D eigenvalue weighted by atomic mass is 10.2. The molecule has 1 rings (SSSR count). The molecule has 1 aromatic rings. The number of aryl methyl sites for hydroxylation is 1. The van der Waals surface area contributed by atoms with E-state index >= 15 is 0 Å². The molecular formula is C11H13NO4S. The molecule has 92 valence electrons. The summed E-state index contributed by atoms with van der Waals surface area (Å²) >= 11 is 0. The second-order valence-electron chi connectivity index (χ2n) is 3.49. The molecule has 0 aliphatic heterocycles. The van der Waals surface area contributed by atoms with Crippen LogP contribution in [0.15, 0.2) is 24.3 Å². The number of nitrogens with one attached hydrogen (secondary N) is 1. The maximum Gasteiger partial charge on any atom is 0.316 e. The molecule has 1 amide bonds.